The number of rotatable bonds is 2. The van der Waals surface area contributed by atoms with Crippen molar-refractivity contribution >= 4 is 5.69 Å². The molecule has 0 N–H and O–H groups in total. The normalized spacial score (nSPS) is 18.2. The zero-order valence-corrected chi connectivity index (χ0v) is 9.73. The molecule has 3 rings (SSSR count). The lowest BCUT2D eigenvalue weighted by Gasteiger charge is -2.05. The van der Waals surface area contributed by atoms with Crippen LogP contribution in [0.25, 0.3) is 0 Å². The minimum atomic E-state index is -0.178. The molecule has 2 heteroatoms. The van der Waals surface area contributed by atoms with Crippen LogP contribution in [0.15, 0.2) is 48.5 Å². The van der Waals surface area contributed by atoms with Gasteiger partial charge in [-0.15, -0.1) is 0 Å². The molecule has 1 aliphatic rings. The van der Waals surface area contributed by atoms with Crippen molar-refractivity contribution in [2.24, 2.45) is 0 Å². The number of benzene rings is 2. The Morgan fingerprint density at radius 3 is 2.29 bits per heavy atom. The van der Waals surface area contributed by atoms with E-state index in [4.69, 9.17) is 0 Å². The van der Waals surface area contributed by atoms with Crippen molar-refractivity contribution in [1.82, 2.24) is 0 Å². The van der Waals surface area contributed by atoms with Gasteiger partial charge in [0.15, 0.2) is 0 Å². The van der Waals surface area contributed by atoms with E-state index < -0.39 is 0 Å². The Balaban J connectivity index is 1.78. The summed E-state index contributed by atoms with van der Waals surface area (Å²) in [5.74, 6) is -0.178. The van der Waals surface area contributed by atoms with Gasteiger partial charge >= 0.3 is 0 Å². The van der Waals surface area contributed by atoms with Gasteiger partial charge < -0.3 is 4.90 Å². The van der Waals surface area contributed by atoms with Crippen LogP contribution in [0.5, 0.6) is 0 Å². The van der Waals surface area contributed by atoms with Crippen molar-refractivity contribution in [1.29, 1.82) is 0 Å². The average Bonchev–Trinajstić information content (AvgIpc) is 3.11. The Morgan fingerprint density at radius 2 is 1.65 bits per heavy atom. The lowest BCUT2D eigenvalue weighted by molar-refractivity contribution is 0.628. The van der Waals surface area contributed by atoms with Crippen LogP contribution in [0.3, 0.4) is 0 Å². The molecule has 0 aromatic heterocycles. The van der Waals surface area contributed by atoms with E-state index in [1.165, 1.54) is 23.3 Å². The van der Waals surface area contributed by atoms with Gasteiger partial charge in [0.2, 0.25) is 0 Å². The molecule has 0 bridgehead atoms. The summed E-state index contributed by atoms with van der Waals surface area (Å²) in [5, 5.41) is 0. The number of nitrogens with zero attached hydrogens (tertiary/aromatic N) is 1. The molecule has 17 heavy (non-hydrogen) atoms. The van der Waals surface area contributed by atoms with Gasteiger partial charge in [0, 0.05) is 12.2 Å². The quantitative estimate of drug-likeness (QED) is 0.707. The third-order valence-electron chi connectivity index (χ3n) is 3.23. The monoisotopic (exact) mass is 227 g/mol. The van der Waals surface area contributed by atoms with Crippen LogP contribution in [0.4, 0.5) is 10.1 Å². The van der Waals surface area contributed by atoms with Crippen LogP contribution in [0.1, 0.15) is 17.2 Å². The molecule has 0 saturated carbocycles. The fourth-order valence-corrected chi connectivity index (χ4v) is 2.13. The Morgan fingerprint density at radius 1 is 1.00 bits per heavy atom. The maximum Gasteiger partial charge on any atom is 0.123 e. The topological polar surface area (TPSA) is 3.01 Å². The highest BCUT2D eigenvalue weighted by Gasteiger charge is 2.35. The summed E-state index contributed by atoms with van der Waals surface area (Å²) in [6.07, 6.45) is 0. The van der Waals surface area contributed by atoms with E-state index >= 15 is 0 Å². The molecule has 1 atom stereocenters. The molecule has 2 aromatic carbocycles. The van der Waals surface area contributed by atoms with Crippen molar-refractivity contribution < 1.29 is 4.39 Å². The van der Waals surface area contributed by atoms with Gasteiger partial charge in [-0.05, 0) is 36.8 Å². The summed E-state index contributed by atoms with van der Waals surface area (Å²) in [7, 11) is 0. The summed E-state index contributed by atoms with van der Waals surface area (Å²) in [6.45, 7) is 3.11. The Labute approximate surface area is 101 Å². The zero-order chi connectivity index (χ0) is 11.8. The summed E-state index contributed by atoms with van der Waals surface area (Å²) >= 11 is 0. The van der Waals surface area contributed by atoms with Crippen LogP contribution in [-0.2, 0) is 0 Å². The van der Waals surface area contributed by atoms with Gasteiger partial charge in [0.25, 0.3) is 0 Å². The minimum absolute atomic E-state index is 0.178. The standard InChI is InChI=1S/C15H14FN/c1-11-2-4-12(5-3-11)15-10-17(15)14-8-6-13(16)7-9-14/h2-9,15H,10H2,1H3/t15-,17?/m1/s1. The number of halogens is 1. The first-order valence-corrected chi connectivity index (χ1v) is 5.83. The number of anilines is 1. The van der Waals surface area contributed by atoms with E-state index in [2.05, 4.69) is 36.1 Å². The van der Waals surface area contributed by atoms with Crippen LogP contribution in [0.2, 0.25) is 0 Å². The predicted octanol–water partition coefficient (Wildman–Crippen LogP) is 3.70. The molecule has 0 spiro atoms. The largest absolute Gasteiger partial charge is 0.360 e. The molecule has 1 fully saturated rings. The van der Waals surface area contributed by atoms with Gasteiger partial charge in [0.05, 0.1) is 6.04 Å². The molecule has 1 aliphatic heterocycles. The third-order valence-corrected chi connectivity index (χ3v) is 3.23. The molecule has 1 heterocycles. The van der Waals surface area contributed by atoms with E-state index in [-0.39, 0.29) is 5.82 Å². The number of aryl methyl sites for hydroxylation is 1. The van der Waals surface area contributed by atoms with Crippen molar-refractivity contribution in [3.8, 4) is 0 Å². The first-order chi connectivity index (χ1) is 8.24. The van der Waals surface area contributed by atoms with Gasteiger partial charge in [-0.25, -0.2) is 4.39 Å². The third kappa shape index (κ3) is 2.03. The van der Waals surface area contributed by atoms with Crippen molar-refractivity contribution in [2.45, 2.75) is 13.0 Å². The van der Waals surface area contributed by atoms with Crippen LogP contribution >= 0.6 is 0 Å². The second-order valence-corrected chi connectivity index (χ2v) is 4.56. The fraction of sp³-hybridized carbons (Fsp3) is 0.200. The van der Waals surface area contributed by atoms with Crippen LogP contribution in [0, 0.1) is 12.7 Å². The van der Waals surface area contributed by atoms with E-state index in [9.17, 15) is 4.39 Å². The number of hydrogen-bond acceptors (Lipinski definition) is 1. The molecular formula is C15H14FN. The summed E-state index contributed by atoms with van der Waals surface area (Å²) in [4.78, 5) is 2.27. The van der Waals surface area contributed by atoms with Crippen molar-refractivity contribution in [3.63, 3.8) is 0 Å². The highest BCUT2D eigenvalue weighted by molar-refractivity contribution is 5.56. The van der Waals surface area contributed by atoms with E-state index in [1.54, 1.807) is 0 Å². The summed E-state index contributed by atoms with van der Waals surface area (Å²) in [5.41, 5.74) is 3.71. The first-order valence-electron chi connectivity index (χ1n) is 5.83. The SMILES string of the molecule is Cc1ccc([C@H]2CN2c2ccc(F)cc2)cc1. The number of hydrogen-bond donors (Lipinski definition) is 0. The average molecular weight is 227 g/mol. The molecule has 0 radical (unpaired) electrons. The second kappa shape index (κ2) is 3.88. The van der Waals surface area contributed by atoms with Gasteiger partial charge in [0.1, 0.15) is 5.82 Å². The molecule has 0 aliphatic carbocycles. The Bertz CT molecular complexity index is 466. The van der Waals surface area contributed by atoms with E-state index in [0.717, 1.165) is 12.2 Å². The lowest BCUT2D eigenvalue weighted by Crippen LogP contribution is -1.94. The maximum atomic E-state index is 12.8. The van der Waals surface area contributed by atoms with Gasteiger partial charge in [-0.3, -0.25) is 0 Å². The predicted molar refractivity (Wildman–Crippen MR) is 67.7 cm³/mol. The lowest BCUT2D eigenvalue weighted by atomic mass is 10.1. The highest BCUT2D eigenvalue weighted by Crippen LogP contribution is 2.39. The molecule has 2 aromatic rings. The van der Waals surface area contributed by atoms with E-state index in [0.29, 0.717) is 6.04 Å². The van der Waals surface area contributed by atoms with Crippen LogP contribution < -0.4 is 4.90 Å². The molecule has 86 valence electrons. The molecule has 0 unspecified atom stereocenters. The van der Waals surface area contributed by atoms with Crippen molar-refractivity contribution in [3.05, 3.63) is 65.5 Å². The Kier molecular flexibility index (Phi) is 2.36. The highest BCUT2D eigenvalue weighted by atomic mass is 19.1. The molecule has 0 amide bonds. The Hall–Kier alpha value is -1.83. The van der Waals surface area contributed by atoms with Gasteiger partial charge in [-0.1, -0.05) is 29.8 Å². The summed E-state index contributed by atoms with van der Waals surface area (Å²) in [6, 6.07) is 15.8. The molecule has 1 nitrogen and oxygen atoms in total. The molecular weight excluding hydrogens is 213 g/mol. The smallest absolute Gasteiger partial charge is 0.123 e. The van der Waals surface area contributed by atoms with Crippen molar-refractivity contribution in [2.75, 3.05) is 11.4 Å². The van der Waals surface area contributed by atoms with E-state index in [1.807, 2.05) is 12.1 Å². The minimum Gasteiger partial charge on any atom is -0.360 e. The maximum absolute atomic E-state index is 12.8. The van der Waals surface area contributed by atoms with Crippen LogP contribution in [-0.4, -0.2) is 6.54 Å². The first kappa shape index (κ1) is 10.3. The molecule has 1 saturated heterocycles. The summed E-state index contributed by atoms with van der Waals surface area (Å²) < 4.78 is 12.8. The zero-order valence-electron chi connectivity index (χ0n) is 9.73. The second-order valence-electron chi connectivity index (χ2n) is 4.56. The fourth-order valence-electron chi connectivity index (χ4n) is 2.13. The van der Waals surface area contributed by atoms with Gasteiger partial charge in [-0.2, -0.15) is 0 Å².